The highest BCUT2D eigenvalue weighted by Gasteiger charge is 2.42. The van der Waals surface area contributed by atoms with Gasteiger partial charge in [0.05, 0.1) is 13.2 Å². The monoisotopic (exact) mass is 462 g/mol. The van der Waals surface area contributed by atoms with E-state index >= 15 is 0 Å². The van der Waals surface area contributed by atoms with Crippen molar-refractivity contribution in [1.82, 2.24) is 0 Å². The second kappa shape index (κ2) is 11.3. The van der Waals surface area contributed by atoms with E-state index in [2.05, 4.69) is 0 Å². The van der Waals surface area contributed by atoms with Crippen molar-refractivity contribution < 1.29 is 37.4 Å². The van der Waals surface area contributed by atoms with Gasteiger partial charge in [-0.05, 0) is 44.0 Å². The molecule has 1 unspecified atom stereocenters. The minimum atomic E-state index is -3.82. The molecule has 0 bridgehead atoms. The van der Waals surface area contributed by atoms with Crippen molar-refractivity contribution in [2.75, 3.05) is 33.0 Å². The van der Waals surface area contributed by atoms with Crippen LogP contribution in [0.5, 0.6) is 11.5 Å². The first-order valence-electron chi connectivity index (χ1n) is 10.5. The molecule has 0 saturated carbocycles. The Bertz CT molecular complexity index is 965. The van der Waals surface area contributed by atoms with Gasteiger partial charge in [0, 0.05) is 5.56 Å². The summed E-state index contributed by atoms with van der Waals surface area (Å²) in [7, 11) is -3.82. The Hall–Kier alpha value is -2.67. The average Bonchev–Trinajstić information content (AvgIpc) is 2.81. The zero-order valence-electron chi connectivity index (χ0n) is 18.2. The molecule has 0 aromatic heterocycles. The minimum absolute atomic E-state index is 0.0924. The third kappa shape index (κ3) is 5.97. The van der Waals surface area contributed by atoms with Gasteiger partial charge in [0.1, 0.15) is 13.2 Å². The first-order chi connectivity index (χ1) is 15.5. The number of fused-ring (bicyclic) bond motifs is 1. The summed E-state index contributed by atoms with van der Waals surface area (Å²) in [4.78, 5) is 25.6. The van der Waals surface area contributed by atoms with Crippen LogP contribution in [0.4, 0.5) is 0 Å². The van der Waals surface area contributed by atoms with Gasteiger partial charge in [0.15, 0.2) is 29.5 Å². The Morgan fingerprint density at radius 3 is 2.28 bits per heavy atom. The predicted octanol–water partition coefficient (Wildman–Crippen LogP) is 4.06. The fraction of sp³-hybridized carbons (Fsp3) is 0.391. The van der Waals surface area contributed by atoms with Crippen molar-refractivity contribution in [1.29, 1.82) is 0 Å². The molecule has 0 spiro atoms. The van der Waals surface area contributed by atoms with Gasteiger partial charge in [-0.2, -0.15) is 0 Å². The number of ketones is 1. The molecule has 3 rings (SSSR count). The van der Waals surface area contributed by atoms with E-state index in [1.54, 1.807) is 32.0 Å². The fourth-order valence-corrected chi connectivity index (χ4v) is 5.19. The number of hydrogen-bond acceptors (Lipinski definition) is 8. The van der Waals surface area contributed by atoms with Crippen LogP contribution in [0.15, 0.2) is 48.5 Å². The zero-order valence-corrected chi connectivity index (χ0v) is 19.0. The van der Waals surface area contributed by atoms with Gasteiger partial charge in [-0.1, -0.05) is 30.3 Å². The Kier molecular flexibility index (Phi) is 8.45. The maximum atomic E-state index is 13.4. The molecule has 1 heterocycles. The van der Waals surface area contributed by atoms with E-state index in [1.165, 1.54) is 0 Å². The van der Waals surface area contributed by atoms with E-state index in [1.807, 2.05) is 30.3 Å². The Morgan fingerprint density at radius 2 is 1.62 bits per heavy atom. The van der Waals surface area contributed by atoms with E-state index in [4.69, 9.17) is 23.3 Å². The van der Waals surface area contributed by atoms with Crippen LogP contribution < -0.4 is 9.47 Å². The molecule has 1 aliphatic rings. The highest BCUT2D eigenvalue weighted by atomic mass is 31.2. The molecule has 0 amide bonds. The number of hydrogen-bond donors (Lipinski definition) is 0. The summed E-state index contributed by atoms with van der Waals surface area (Å²) in [6, 6.07) is 13.9. The van der Waals surface area contributed by atoms with E-state index in [9.17, 15) is 14.2 Å². The van der Waals surface area contributed by atoms with Gasteiger partial charge in [-0.25, -0.2) is 0 Å². The number of esters is 1. The Balaban J connectivity index is 1.74. The maximum absolute atomic E-state index is 13.4. The van der Waals surface area contributed by atoms with Crippen molar-refractivity contribution in [2.24, 2.45) is 0 Å². The van der Waals surface area contributed by atoms with Gasteiger partial charge in [-0.15, -0.1) is 0 Å². The third-order valence-corrected chi connectivity index (χ3v) is 7.15. The molecule has 0 aliphatic carbocycles. The van der Waals surface area contributed by atoms with E-state index < -0.39 is 31.6 Å². The molecule has 0 saturated heterocycles. The molecular formula is C23H27O8P. The van der Waals surface area contributed by atoms with E-state index in [0.29, 0.717) is 30.3 Å². The van der Waals surface area contributed by atoms with Crippen LogP contribution >= 0.6 is 7.60 Å². The zero-order chi connectivity index (χ0) is 23.0. The van der Waals surface area contributed by atoms with Crippen molar-refractivity contribution in [3.8, 4) is 11.5 Å². The summed E-state index contributed by atoms with van der Waals surface area (Å²) >= 11 is 0. The third-order valence-electron chi connectivity index (χ3n) is 4.75. The maximum Gasteiger partial charge on any atom is 0.345 e. The number of benzene rings is 2. The van der Waals surface area contributed by atoms with Crippen molar-refractivity contribution in [3.63, 3.8) is 0 Å². The van der Waals surface area contributed by atoms with Gasteiger partial charge >= 0.3 is 13.6 Å². The lowest BCUT2D eigenvalue weighted by Gasteiger charge is -2.25. The van der Waals surface area contributed by atoms with E-state index in [-0.39, 0.29) is 19.6 Å². The van der Waals surface area contributed by atoms with Crippen molar-refractivity contribution in [2.45, 2.75) is 25.9 Å². The summed E-state index contributed by atoms with van der Waals surface area (Å²) in [6.07, 6.45) is 0.0924. The molecule has 32 heavy (non-hydrogen) atoms. The van der Waals surface area contributed by atoms with Crippen LogP contribution in [0.3, 0.4) is 0 Å². The van der Waals surface area contributed by atoms with Crippen LogP contribution in [0.25, 0.3) is 0 Å². The van der Waals surface area contributed by atoms with Crippen molar-refractivity contribution >= 4 is 19.3 Å². The SMILES string of the molecule is CCOP(=O)(OCC)C(Cc1ccccc1)C(=O)OCC(=O)c1ccc2c(c1)OCCO2. The second-order valence-corrected chi connectivity index (χ2v) is 9.19. The van der Waals surface area contributed by atoms with Gasteiger partial charge < -0.3 is 23.3 Å². The smallest absolute Gasteiger partial charge is 0.345 e. The summed E-state index contributed by atoms with van der Waals surface area (Å²) in [5, 5.41) is 0. The normalized spacial score (nSPS) is 13.9. The predicted molar refractivity (Wildman–Crippen MR) is 118 cm³/mol. The highest BCUT2D eigenvalue weighted by molar-refractivity contribution is 7.55. The number of Topliss-reactive ketones (excluding diaryl/α,β-unsaturated/α-hetero) is 1. The Morgan fingerprint density at radius 1 is 0.969 bits per heavy atom. The first kappa shape index (κ1) is 24.0. The number of rotatable bonds is 11. The molecule has 172 valence electrons. The lowest BCUT2D eigenvalue weighted by molar-refractivity contribution is -0.142. The molecule has 9 heteroatoms. The standard InChI is InChI=1S/C23H27O8P/c1-3-30-32(26,31-4-2)22(14-17-8-6-5-7-9-17)23(25)29-16-19(24)18-10-11-20-21(15-18)28-13-12-27-20/h5-11,15,22H,3-4,12-14,16H2,1-2H3. The summed E-state index contributed by atoms with van der Waals surface area (Å²) in [6.45, 7) is 3.87. The fourth-order valence-electron chi connectivity index (χ4n) is 3.27. The lowest BCUT2D eigenvalue weighted by atomic mass is 10.1. The first-order valence-corrected chi connectivity index (χ1v) is 12.1. The van der Waals surface area contributed by atoms with Crippen molar-refractivity contribution in [3.05, 3.63) is 59.7 Å². The number of carbonyl (C=O) groups excluding carboxylic acids is 2. The minimum Gasteiger partial charge on any atom is -0.486 e. The molecule has 1 atom stereocenters. The molecule has 1 aliphatic heterocycles. The van der Waals surface area contributed by atoms with Crippen LogP contribution in [-0.4, -0.2) is 50.4 Å². The molecule has 2 aromatic carbocycles. The summed E-state index contributed by atoms with van der Waals surface area (Å²) in [5.41, 5.74) is -0.107. The number of ether oxygens (including phenoxy) is 3. The summed E-state index contributed by atoms with van der Waals surface area (Å²) < 4.78 is 40.4. The molecule has 0 radical (unpaired) electrons. The average molecular weight is 462 g/mol. The van der Waals surface area contributed by atoms with Gasteiger partial charge in [0.25, 0.3) is 0 Å². The van der Waals surface area contributed by atoms with Crippen LogP contribution in [-0.2, 0) is 29.6 Å². The second-order valence-electron chi connectivity index (χ2n) is 6.97. The molecular weight excluding hydrogens is 435 g/mol. The quantitative estimate of drug-likeness (QED) is 0.280. The van der Waals surface area contributed by atoms with E-state index in [0.717, 1.165) is 5.56 Å². The lowest BCUT2D eigenvalue weighted by Crippen LogP contribution is -2.30. The summed E-state index contributed by atoms with van der Waals surface area (Å²) in [5.74, 6) is -0.212. The molecule has 2 aromatic rings. The molecule has 0 N–H and O–H groups in total. The Labute approximate surface area is 187 Å². The highest BCUT2D eigenvalue weighted by Crippen LogP contribution is 2.54. The number of carbonyl (C=O) groups is 2. The van der Waals surface area contributed by atoms with Crippen LogP contribution in [0.1, 0.15) is 29.8 Å². The van der Waals surface area contributed by atoms with Gasteiger partial charge in [0.2, 0.25) is 0 Å². The topological polar surface area (TPSA) is 97.4 Å². The van der Waals surface area contributed by atoms with Crippen LogP contribution in [0, 0.1) is 0 Å². The van der Waals surface area contributed by atoms with Crippen LogP contribution in [0.2, 0.25) is 0 Å². The van der Waals surface area contributed by atoms with Gasteiger partial charge in [-0.3, -0.25) is 14.2 Å². The largest absolute Gasteiger partial charge is 0.486 e. The molecule has 8 nitrogen and oxygen atoms in total. The molecule has 0 fully saturated rings.